The molecule has 3 rings (SSSR count). The molecule has 0 fully saturated rings. The largest absolute Gasteiger partial charge is 0.326 e. The van der Waals surface area contributed by atoms with Crippen LogP contribution < -0.4 is 5.73 Å². The number of hydrogen-bond donors (Lipinski definition) is 1. The van der Waals surface area contributed by atoms with Gasteiger partial charge in [0.15, 0.2) is 0 Å². The molecule has 1 aliphatic rings. The molecule has 0 aromatic heterocycles. The van der Waals surface area contributed by atoms with E-state index < -0.39 is 0 Å². The Bertz CT molecular complexity index is 624. The molecule has 0 saturated heterocycles. The number of hydrogen-bond acceptors (Lipinski definition) is 2. The highest BCUT2D eigenvalue weighted by Crippen LogP contribution is 2.30. The second kappa shape index (κ2) is 5.98. The first-order valence-electron chi connectivity index (χ1n) is 6.98. The fourth-order valence-electron chi connectivity index (χ4n) is 2.72. The minimum Gasteiger partial charge on any atom is -0.326 e. The van der Waals surface area contributed by atoms with Gasteiger partial charge >= 0.3 is 0 Å². The van der Waals surface area contributed by atoms with Gasteiger partial charge in [0, 0.05) is 17.2 Å². The Balaban J connectivity index is 1.73. The van der Waals surface area contributed by atoms with Crippen molar-refractivity contribution in [3.05, 3.63) is 64.5 Å². The molecule has 0 atom stereocenters. The van der Waals surface area contributed by atoms with Gasteiger partial charge in [-0.25, -0.2) is 4.39 Å². The van der Waals surface area contributed by atoms with Crippen molar-refractivity contribution in [2.24, 2.45) is 5.73 Å². The third-order valence-electron chi connectivity index (χ3n) is 3.85. The lowest BCUT2D eigenvalue weighted by Crippen LogP contribution is -2.01. The number of benzene rings is 2. The van der Waals surface area contributed by atoms with Crippen molar-refractivity contribution in [1.29, 1.82) is 0 Å². The fourth-order valence-corrected chi connectivity index (χ4v) is 3.72. The molecule has 104 valence electrons. The molecule has 3 heteroatoms. The van der Waals surface area contributed by atoms with Crippen molar-refractivity contribution in [1.82, 2.24) is 0 Å². The summed E-state index contributed by atoms with van der Waals surface area (Å²) >= 11 is 1.80. The van der Waals surface area contributed by atoms with Crippen molar-refractivity contribution < 1.29 is 4.39 Å². The van der Waals surface area contributed by atoms with E-state index in [1.807, 2.05) is 6.07 Å². The van der Waals surface area contributed by atoms with Crippen LogP contribution in [0.15, 0.2) is 41.3 Å². The van der Waals surface area contributed by atoms with E-state index in [2.05, 4.69) is 18.2 Å². The third kappa shape index (κ3) is 2.89. The molecule has 0 saturated carbocycles. The summed E-state index contributed by atoms with van der Waals surface area (Å²) in [5.74, 6) is 0.628. The number of aryl methyl sites for hydroxylation is 2. The molecule has 0 bridgehead atoms. The zero-order chi connectivity index (χ0) is 13.9. The molecule has 2 aromatic carbocycles. The van der Waals surface area contributed by atoms with E-state index in [1.165, 1.54) is 41.4 Å². The summed E-state index contributed by atoms with van der Waals surface area (Å²) in [6, 6.07) is 11.6. The van der Waals surface area contributed by atoms with Crippen LogP contribution in [0.5, 0.6) is 0 Å². The third-order valence-corrected chi connectivity index (χ3v) is 4.90. The summed E-state index contributed by atoms with van der Waals surface area (Å²) in [6.07, 6.45) is 3.70. The average molecular weight is 287 g/mol. The molecular weight excluding hydrogens is 269 g/mol. The topological polar surface area (TPSA) is 26.0 Å². The van der Waals surface area contributed by atoms with Crippen LogP contribution in [0.1, 0.15) is 28.7 Å². The van der Waals surface area contributed by atoms with Crippen LogP contribution in [-0.4, -0.2) is 0 Å². The summed E-state index contributed by atoms with van der Waals surface area (Å²) < 4.78 is 13.2. The predicted molar refractivity (Wildman–Crippen MR) is 82.3 cm³/mol. The normalized spacial score (nSPS) is 13.5. The van der Waals surface area contributed by atoms with Crippen LogP contribution in [0, 0.1) is 5.82 Å². The first-order chi connectivity index (χ1) is 9.76. The molecule has 0 aliphatic heterocycles. The number of thioether (sulfide) groups is 1. The quantitative estimate of drug-likeness (QED) is 0.858. The first-order valence-corrected chi connectivity index (χ1v) is 7.97. The van der Waals surface area contributed by atoms with E-state index >= 15 is 0 Å². The van der Waals surface area contributed by atoms with Gasteiger partial charge in [-0.15, -0.1) is 11.8 Å². The summed E-state index contributed by atoms with van der Waals surface area (Å²) in [6.45, 7) is 0.387. The van der Waals surface area contributed by atoms with Crippen molar-refractivity contribution in [2.45, 2.75) is 36.5 Å². The second-order valence-corrected chi connectivity index (χ2v) is 6.24. The Hall–Kier alpha value is -1.32. The standard InChI is InChI=1S/C17H18FNS/c18-16-6-4-14(15(8-16)10-19)11-20-17-7-5-12-2-1-3-13(12)9-17/h4-9H,1-3,10-11,19H2. The summed E-state index contributed by atoms with van der Waals surface area (Å²) in [5.41, 5.74) is 10.7. The van der Waals surface area contributed by atoms with Gasteiger partial charge < -0.3 is 5.73 Å². The van der Waals surface area contributed by atoms with Gasteiger partial charge in [0.25, 0.3) is 0 Å². The van der Waals surface area contributed by atoms with Gasteiger partial charge in [-0.1, -0.05) is 12.1 Å². The van der Waals surface area contributed by atoms with Crippen molar-refractivity contribution in [3.8, 4) is 0 Å². The molecule has 0 radical (unpaired) electrons. The lowest BCUT2D eigenvalue weighted by molar-refractivity contribution is 0.624. The molecule has 0 spiro atoms. The average Bonchev–Trinajstić information content (AvgIpc) is 2.93. The number of halogens is 1. The van der Waals surface area contributed by atoms with E-state index in [1.54, 1.807) is 17.8 Å². The molecular formula is C17H18FNS. The molecule has 0 amide bonds. The Morgan fingerprint density at radius 2 is 1.85 bits per heavy atom. The minimum atomic E-state index is -0.211. The molecule has 1 nitrogen and oxygen atoms in total. The van der Waals surface area contributed by atoms with Crippen LogP contribution in [0.25, 0.3) is 0 Å². The Kier molecular flexibility index (Phi) is 4.08. The summed E-state index contributed by atoms with van der Waals surface area (Å²) in [4.78, 5) is 1.29. The summed E-state index contributed by atoms with van der Waals surface area (Å²) in [5, 5.41) is 0. The smallest absolute Gasteiger partial charge is 0.123 e. The Morgan fingerprint density at radius 1 is 1.00 bits per heavy atom. The first kappa shape index (κ1) is 13.7. The van der Waals surface area contributed by atoms with Crippen LogP contribution in [0.3, 0.4) is 0 Å². The van der Waals surface area contributed by atoms with Gasteiger partial charge in [-0.3, -0.25) is 0 Å². The lowest BCUT2D eigenvalue weighted by atomic mass is 10.1. The number of fused-ring (bicyclic) bond motifs is 1. The van der Waals surface area contributed by atoms with Gasteiger partial charge in [-0.05, 0) is 65.8 Å². The Morgan fingerprint density at radius 3 is 2.70 bits per heavy atom. The summed E-state index contributed by atoms with van der Waals surface area (Å²) in [7, 11) is 0. The van der Waals surface area contributed by atoms with E-state index in [0.29, 0.717) is 6.54 Å². The van der Waals surface area contributed by atoms with Crippen molar-refractivity contribution in [3.63, 3.8) is 0 Å². The molecule has 0 heterocycles. The van der Waals surface area contributed by atoms with E-state index in [4.69, 9.17) is 5.73 Å². The maximum absolute atomic E-state index is 13.2. The SMILES string of the molecule is NCc1cc(F)ccc1CSc1ccc2c(c1)CCC2. The van der Waals surface area contributed by atoms with Gasteiger partial charge in [0.05, 0.1) is 0 Å². The van der Waals surface area contributed by atoms with Crippen LogP contribution in [0.4, 0.5) is 4.39 Å². The van der Waals surface area contributed by atoms with E-state index in [9.17, 15) is 4.39 Å². The number of nitrogens with two attached hydrogens (primary N) is 1. The van der Waals surface area contributed by atoms with Crippen molar-refractivity contribution in [2.75, 3.05) is 0 Å². The fraction of sp³-hybridized carbons (Fsp3) is 0.294. The molecule has 20 heavy (non-hydrogen) atoms. The van der Waals surface area contributed by atoms with E-state index in [-0.39, 0.29) is 5.82 Å². The van der Waals surface area contributed by atoms with Gasteiger partial charge in [0.2, 0.25) is 0 Å². The maximum atomic E-state index is 13.2. The predicted octanol–water partition coefficient (Wildman–Crippen LogP) is 4.07. The number of rotatable bonds is 4. The monoisotopic (exact) mass is 287 g/mol. The van der Waals surface area contributed by atoms with Crippen LogP contribution in [0.2, 0.25) is 0 Å². The zero-order valence-electron chi connectivity index (χ0n) is 11.4. The maximum Gasteiger partial charge on any atom is 0.123 e. The highest BCUT2D eigenvalue weighted by molar-refractivity contribution is 7.98. The zero-order valence-corrected chi connectivity index (χ0v) is 12.2. The highest BCUT2D eigenvalue weighted by atomic mass is 32.2. The van der Waals surface area contributed by atoms with Crippen molar-refractivity contribution >= 4 is 11.8 Å². The minimum absolute atomic E-state index is 0.211. The molecule has 1 aliphatic carbocycles. The van der Waals surface area contributed by atoms with Crippen LogP contribution in [-0.2, 0) is 25.1 Å². The van der Waals surface area contributed by atoms with E-state index in [0.717, 1.165) is 16.9 Å². The lowest BCUT2D eigenvalue weighted by Gasteiger charge is -2.09. The van der Waals surface area contributed by atoms with Crippen LogP contribution >= 0.6 is 11.8 Å². The molecule has 0 unspecified atom stereocenters. The van der Waals surface area contributed by atoms with Gasteiger partial charge in [0.1, 0.15) is 5.82 Å². The Labute approximate surface area is 123 Å². The second-order valence-electron chi connectivity index (χ2n) is 5.19. The molecule has 2 N–H and O–H groups in total. The molecule has 2 aromatic rings. The highest BCUT2D eigenvalue weighted by Gasteiger charge is 2.11. The van der Waals surface area contributed by atoms with Gasteiger partial charge in [-0.2, -0.15) is 0 Å².